The minimum Gasteiger partial charge on any atom is -0.354 e. The lowest BCUT2D eigenvalue weighted by Gasteiger charge is -2.22. The fourth-order valence-electron chi connectivity index (χ4n) is 1.40. The summed E-state index contributed by atoms with van der Waals surface area (Å²) in [7, 11) is 0. The molecule has 0 bridgehead atoms. The van der Waals surface area contributed by atoms with Gasteiger partial charge >= 0.3 is 0 Å². The Morgan fingerprint density at radius 3 is 3.07 bits per heavy atom. The summed E-state index contributed by atoms with van der Waals surface area (Å²) >= 11 is 0. The van der Waals surface area contributed by atoms with Crippen molar-refractivity contribution in [2.24, 2.45) is 5.73 Å². The van der Waals surface area contributed by atoms with Gasteiger partial charge in [0.1, 0.15) is 0 Å². The van der Waals surface area contributed by atoms with Crippen LogP contribution in [0.2, 0.25) is 0 Å². The third-order valence-corrected chi connectivity index (χ3v) is 2.33. The Kier molecular flexibility index (Phi) is 3.88. The molecule has 0 aromatic heterocycles. The third-order valence-electron chi connectivity index (χ3n) is 2.33. The number of rotatable bonds is 2. The van der Waals surface area contributed by atoms with Crippen molar-refractivity contribution in [2.75, 3.05) is 19.6 Å². The van der Waals surface area contributed by atoms with Gasteiger partial charge in [-0.3, -0.25) is 9.59 Å². The first-order valence-corrected chi connectivity index (χ1v) is 4.96. The molecule has 1 aliphatic rings. The third kappa shape index (κ3) is 2.70. The summed E-state index contributed by atoms with van der Waals surface area (Å²) in [6.07, 6.45) is 1.41. The molecular weight excluding hydrogens is 182 g/mol. The lowest BCUT2D eigenvalue weighted by atomic mass is 10.2. The highest BCUT2D eigenvalue weighted by Gasteiger charge is 2.23. The second-order valence-electron chi connectivity index (χ2n) is 3.48. The van der Waals surface area contributed by atoms with Crippen LogP contribution in [0.15, 0.2) is 0 Å². The Bertz CT molecular complexity index is 230. The highest BCUT2D eigenvalue weighted by Crippen LogP contribution is 2.01. The van der Waals surface area contributed by atoms with Gasteiger partial charge in [-0.25, -0.2) is 0 Å². The van der Waals surface area contributed by atoms with E-state index in [1.165, 1.54) is 4.90 Å². The second-order valence-corrected chi connectivity index (χ2v) is 3.48. The summed E-state index contributed by atoms with van der Waals surface area (Å²) in [5.74, 6) is -0.219. The Balaban J connectivity index is 2.56. The highest BCUT2D eigenvalue weighted by atomic mass is 16.2. The molecule has 0 spiro atoms. The van der Waals surface area contributed by atoms with Gasteiger partial charge in [-0.1, -0.05) is 6.92 Å². The largest absolute Gasteiger partial charge is 0.354 e. The van der Waals surface area contributed by atoms with Crippen LogP contribution in [0.1, 0.15) is 19.8 Å². The first kappa shape index (κ1) is 11.0. The Morgan fingerprint density at radius 2 is 2.43 bits per heavy atom. The fourth-order valence-corrected chi connectivity index (χ4v) is 1.40. The smallest absolute Gasteiger partial charge is 0.239 e. The fraction of sp³-hybridized carbons (Fsp3) is 0.778. The van der Waals surface area contributed by atoms with Gasteiger partial charge < -0.3 is 16.0 Å². The Labute approximate surface area is 83.6 Å². The van der Waals surface area contributed by atoms with E-state index < -0.39 is 6.04 Å². The van der Waals surface area contributed by atoms with Crippen molar-refractivity contribution >= 4 is 11.8 Å². The second kappa shape index (κ2) is 4.95. The summed E-state index contributed by atoms with van der Waals surface area (Å²) in [4.78, 5) is 24.3. The molecule has 1 aliphatic heterocycles. The first-order chi connectivity index (χ1) is 6.65. The quantitative estimate of drug-likeness (QED) is 0.603. The monoisotopic (exact) mass is 199 g/mol. The molecule has 1 fully saturated rings. The maximum Gasteiger partial charge on any atom is 0.239 e. The van der Waals surface area contributed by atoms with Crippen LogP contribution in [0, 0.1) is 0 Å². The van der Waals surface area contributed by atoms with Gasteiger partial charge in [-0.05, 0) is 12.8 Å². The SMILES string of the molecule is CCC(N)C(=O)N1CCCNC(=O)C1. The zero-order valence-corrected chi connectivity index (χ0v) is 8.45. The average Bonchev–Trinajstić information content (AvgIpc) is 2.40. The van der Waals surface area contributed by atoms with E-state index in [4.69, 9.17) is 5.73 Å². The maximum atomic E-state index is 11.6. The number of carbonyl (C=O) groups is 2. The minimum atomic E-state index is -0.471. The van der Waals surface area contributed by atoms with Crippen LogP contribution in [0.25, 0.3) is 0 Å². The number of carbonyl (C=O) groups excluding carboxylic acids is 2. The number of nitrogens with two attached hydrogens (primary N) is 1. The normalized spacial score (nSPS) is 19.9. The van der Waals surface area contributed by atoms with E-state index in [1.54, 1.807) is 0 Å². The number of hydrogen-bond acceptors (Lipinski definition) is 3. The molecule has 0 radical (unpaired) electrons. The minimum absolute atomic E-state index is 0.0980. The molecule has 80 valence electrons. The number of nitrogens with zero attached hydrogens (tertiary/aromatic N) is 1. The summed E-state index contributed by atoms with van der Waals surface area (Å²) in [5, 5.41) is 2.71. The predicted octanol–water partition coefficient (Wildman–Crippen LogP) is -0.928. The summed E-state index contributed by atoms with van der Waals surface area (Å²) in [5.41, 5.74) is 5.62. The van der Waals surface area contributed by atoms with E-state index in [-0.39, 0.29) is 18.4 Å². The van der Waals surface area contributed by atoms with Gasteiger partial charge in [0.2, 0.25) is 11.8 Å². The van der Waals surface area contributed by atoms with Crippen LogP contribution < -0.4 is 11.1 Å². The predicted molar refractivity (Wildman–Crippen MR) is 52.5 cm³/mol. The molecule has 1 rings (SSSR count). The molecule has 0 aromatic rings. The highest BCUT2D eigenvalue weighted by molar-refractivity contribution is 5.87. The van der Waals surface area contributed by atoms with Gasteiger partial charge in [0.15, 0.2) is 0 Å². The topological polar surface area (TPSA) is 75.4 Å². The van der Waals surface area contributed by atoms with E-state index in [9.17, 15) is 9.59 Å². The molecule has 0 aliphatic carbocycles. The Hall–Kier alpha value is -1.10. The molecule has 3 N–H and O–H groups in total. The number of amides is 2. The van der Waals surface area contributed by atoms with E-state index in [0.717, 1.165) is 6.42 Å². The van der Waals surface area contributed by atoms with Gasteiger partial charge in [0.05, 0.1) is 12.6 Å². The lowest BCUT2D eigenvalue weighted by molar-refractivity contribution is -0.136. The molecule has 0 aromatic carbocycles. The van der Waals surface area contributed by atoms with Crippen molar-refractivity contribution in [3.05, 3.63) is 0 Å². The number of nitrogens with one attached hydrogen (secondary N) is 1. The van der Waals surface area contributed by atoms with Crippen LogP contribution in [0.3, 0.4) is 0 Å². The van der Waals surface area contributed by atoms with Crippen molar-refractivity contribution in [3.8, 4) is 0 Å². The molecule has 1 heterocycles. The lowest BCUT2D eigenvalue weighted by Crippen LogP contribution is -2.46. The van der Waals surface area contributed by atoms with Crippen molar-refractivity contribution in [1.82, 2.24) is 10.2 Å². The molecule has 1 atom stereocenters. The average molecular weight is 199 g/mol. The zero-order valence-electron chi connectivity index (χ0n) is 8.45. The standard InChI is InChI=1S/C9H17N3O2/c1-2-7(10)9(14)12-5-3-4-11-8(13)6-12/h7H,2-6,10H2,1H3,(H,11,13). The van der Waals surface area contributed by atoms with Crippen LogP contribution in [0.4, 0.5) is 0 Å². The number of hydrogen-bond donors (Lipinski definition) is 2. The van der Waals surface area contributed by atoms with Crippen LogP contribution >= 0.6 is 0 Å². The molecule has 2 amide bonds. The first-order valence-electron chi connectivity index (χ1n) is 4.96. The molecular formula is C9H17N3O2. The summed E-state index contributed by atoms with van der Waals surface area (Å²) in [6.45, 7) is 3.27. The van der Waals surface area contributed by atoms with Gasteiger partial charge in [-0.15, -0.1) is 0 Å². The Morgan fingerprint density at radius 1 is 1.71 bits per heavy atom. The van der Waals surface area contributed by atoms with Gasteiger partial charge in [-0.2, -0.15) is 0 Å². The molecule has 14 heavy (non-hydrogen) atoms. The van der Waals surface area contributed by atoms with E-state index >= 15 is 0 Å². The van der Waals surface area contributed by atoms with Crippen LogP contribution in [-0.2, 0) is 9.59 Å². The van der Waals surface area contributed by atoms with Crippen molar-refractivity contribution in [3.63, 3.8) is 0 Å². The van der Waals surface area contributed by atoms with Crippen molar-refractivity contribution < 1.29 is 9.59 Å². The van der Waals surface area contributed by atoms with Crippen LogP contribution in [0.5, 0.6) is 0 Å². The summed E-state index contributed by atoms with van der Waals surface area (Å²) < 4.78 is 0. The van der Waals surface area contributed by atoms with Gasteiger partial charge in [0.25, 0.3) is 0 Å². The molecule has 1 saturated heterocycles. The van der Waals surface area contributed by atoms with E-state index in [2.05, 4.69) is 5.32 Å². The van der Waals surface area contributed by atoms with Crippen molar-refractivity contribution in [1.29, 1.82) is 0 Å². The molecule has 5 nitrogen and oxygen atoms in total. The van der Waals surface area contributed by atoms with E-state index in [0.29, 0.717) is 19.5 Å². The molecule has 0 saturated carbocycles. The van der Waals surface area contributed by atoms with Gasteiger partial charge in [0, 0.05) is 13.1 Å². The van der Waals surface area contributed by atoms with Crippen LogP contribution in [-0.4, -0.2) is 42.4 Å². The molecule has 5 heteroatoms. The maximum absolute atomic E-state index is 11.6. The summed E-state index contributed by atoms with van der Waals surface area (Å²) in [6, 6.07) is -0.471. The zero-order chi connectivity index (χ0) is 10.6. The van der Waals surface area contributed by atoms with Crippen molar-refractivity contribution in [2.45, 2.75) is 25.8 Å². The van der Waals surface area contributed by atoms with E-state index in [1.807, 2.05) is 6.92 Å². The molecule has 1 unspecified atom stereocenters.